The van der Waals surface area contributed by atoms with E-state index >= 15 is 0 Å². The highest BCUT2D eigenvalue weighted by atomic mass is 32.2. The molecule has 3 N–H and O–H groups in total. The van der Waals surface area contributed by atoms with Crippen LogP contribution in [0.3, 0.4) is 0 Å². The van der Waals surface area contributed by atoms with E-state index in [4.69, 9.17) is 18.0 Å². The third-order valence-electron chi connectivity index (χ3n) is 4.22. The summed E-state index contributed by atoms with van der Waals surface area (Å²) in [4.78, 5) is 12.7. The predicted molar refractivity (Wildman–Crippen MR) is 80.7 cm³/mol. The Morgan fingerprint density at radius 1 is 1.56 bits per heavy atom. The molecule has 0 bridgehead atoms. The average molecular weight is 286 g/mol. The lowest BCUT2D eigenvalue weighted by molar-refractivity contribution is -0.132. The number of thioether (sulfide) groups is 1. The van der Waals surface area contributed by atoms with Crippen molar-refractivity contribution >= 4 is 34.9 Å². The van der Waals surface area contributed by atoms with Gasteiger partial charge in [-0.2, -0.15) is 11.8 Å². The molecular formula is C13H22N2OS2. The second-order valence-corrected chi connectivity index (χ2v) is 8.17. The summed E-state index contributed by atoms with van der Waals surface area (Å²) in [6.07, 6.45) is 4.03. The van der Waals surface area contributed by atoms with Crippen molar-refractivity contribution in [2.24, 2.45) is 17.1 Å². The largest absolute Gasteiger partial charge is 0.392 e. The number of nitrogens with two attached hydrogens (primary N) is 1. The Bertz CT molecular complexity index is 358. The van der Waals surface area contributed by atoms with E-state index in [-0.39, 0.29) is 10.7 Å². The first-order valence-corrected chi connectivity index (χ1v) is 8.00. The highest BCUT2D eigenvalue weighted by Crippen LogP contribution is 2.46. The minimum atomic E-state index is -0.561. The Balaban J connectivity index is 1.93. The molecule has 0 aromatic carbocycles. The molecule has 1 heterocycles. The maximum absolute atomic E-state index is 12.3. The van der Waals surface area contributed by atoms with Crippen molar-refractivity contribution < 1.29 is 4.79 Å². The molecule has 1 saturated heterocycles. The Kier molecular flexibility index (Phi) is 3.93. The lowest BCUT2D eigenvalue weighted by Gasteiger charge is -2.44. The van der Waals surface area contributed by atoms with Crippen molar-refractivity contribution in [3.05, 3.63) is 0 Å². The van der Waals surface area contributed by atoms with Crippen molar-refractivity contribution in [2.45, 2.75) is 44.3 Å². The Morgan fingerprint density at radius 2 is 2.22 bits per heavy atom. The van der Waals surface area contributed by atoms with Crippen LogP contribution in [0.1, 0.15) is 39.5 Å². The zero-order chi connectivity index (χ0) is 13.4. The number of carbonyl (C=O) groups is 1. The van der Waals surface area contributed by atoms with Gasteiger partial charge in [0.25, 0.3) is 0 Å². The summed E-state index contributed by atoms with van der Waals surface area (Å²) >= 11 is 7.05. The van der Waals surface area contributed by atoms with Gasteiger partial charge >= 0.3 is 0 Å². The van der Waals surface area contributed by atoms with Crippen LogP contribution in [-0.4, -0.2) is 27.9 Å². The quantitative estimate of drug-likeness (QED) is 0.777. The van der Waals surface area contributed by atoms with Gasteiger partial charge in [-0.1, -0.05) is 19.1 Å². The maximum Gasteiger partial charge on any atom is 0.233 e. The SMILES string of the molecule is CC1CC(C(=O)NCC2(C)CCCS2)(C(N)=S)C1. The van der Waals surface area contributed by atoms with Gasteiger partial charge in [-0.25, -0.2) is 0 Å². The molecule has 0 radical (unpaired) electrons. The van der Waals surface area contributed by atoms with Gasteiger partial charge in [0.05, 0.1) is 10.4 Å². The first kappa shape index (κ1) is 14.1. The molecule has 0 spiro atoms. The first-order chi connectivity index (χ1) is 8.38. The second kappa shape index (κ2) is 5.00. The van der Waals surface area contributed by atoms with Gasteiger partial charge in [-0.05, 0) is 44.3 Å². The number of carbonyl (C=O) groups excluding carboxylic acids is 1. The van der Waals surface area contributed by atoms with Gasteiger partial charge in [0.2, 0.25) is 5.91 Å². The molecule has 18 heavy (non-hydrogen) atoms. The summed E-state index contributed by atoms with van der Waals surface area (Å²) in [6, 6.07) is 0. The molecule has 102 valence electrons. The topological polar surface area (TPSA) is 55.1 Å². The van der Waals surface area contributed by atoms with Crippen molar-refractivity contribution in [2.75, 3.05) is 12.3 Å². The summed E-state index contributed by atoms with van der Waals surface area (Å²) < 4.78 is 0.197. The second-order valence-electron chi connectivity index (χ2n) is 6.04. The lowest BCUT2D eigenvalue weighted by Crippen LogP contribution is -2.57. The Hall–Kier alpha value is -0.290. The molecule has 5 heteroatoms. The Morgan fingerprint density at radius 3 is 2.67 bits per heavy atom. The van der Waals surface area contributed by atoms with E-state index in [9.17, 15) is 4.79 Å². The zero-order valence-electron chi connectivity index (χ0n) is 11.1. The van der Waals surface area contributed by atoms with E-state index in [0.717, 1.165) is 19.4 Å². The van der Waals surface area contributed by atoms with Crippen LogP contribution in [0, 0.1) is 11.3 Å². The van der Waals surface area contributed by atoms with Crippen molar-refractivity contribution in [3.63, 3.8) is 0 Å². The molecule has 1 amide bonds. The van der Waals surface area contributed by atoms with Crippen molar-refractivity contribution in [1.29, 1.82) is 0 Å². The highest BCUT2D eigenvalue weighted by molar-refractivity contribution is 8.00. The van der Waals surface area contributed by atoms with Gasteiger partial charge in [-0.15, -0.1) is 0 Å². The molecule has 2 fully saturated rings. The molecule has 1 aliphatic heterocycles. The van der Waals surface area contributed by atoms with E-state index in [1.807, 2.05) is 11.8 Å². The molecule has 1 unspecified atom stereocenters. The van der Waals surface area contributed by atoms with Gasteiger partial charge in [0, 0.05) is 11.3 Å². The molecule has 2 rings (SSSR count). The fourth-order valence-electron chi connectivity index (χ4n) is 3.04. The van der Waals surface area contributed by atoms with Crippen LogP contribution in [0.15, 0.2) is 0 Å². The number of nitrogens with one attached hydrogen (secondary N) is 1. The van der Waals surface area contributed by atoms with Crippen LogP contribution in [0.5, 0.6) is 0 Å². The van der Waals surface area contributed by atoms with E-state index in [1.165, 1.54) is 18.6 Å². The molecule has 3 nitrogen and oxygen atoms in total. The normalized spacial score (nSPS) is 39.1. The average Bonchev–Trinajstić information content (AvgIpc) is 2.68. The fraction of sp³-hybridized carbons (Fsp3) is 0.846. The van der Waals surface area contributed by atoms with Crippen LogP contribution in [0.4, 0.5) is 0 Å². The van der Waals surface area contributed by atoms with E-state index in [0.29, 0.717) is 10.9 Å². The minimum Gasteiger partial charge on any atom is -0.392 e. The summed E-state index contributed by atoms with van der Waals surface area (Å²) in [7, 11) is 0. The van der Waals surface area contributed by atoms with E-state index < -0.39 is 5.41 Å². The molecular weight excluding hydrogens is 264 g/mol. The van der Waals surface area contributed by atoms with Crippen molar-refractivity contribution in [3.8, 4) is 0 Å². The standard InChI is InChI=1S/C13H22N2OS2/c1-9-6-13(7-9,10(14)17)11(16)15-8-12(2)4-3-5-18-12/h9H,3-8H2,1-2H3,(H2,14,17)(H,15,16). The third-order valence-corrected chi connectivity index (χ3v) is 6.15. The number of hydrogen-bond donors (Lipinski definition) is 2. The van der Waals surface area contributed by atoms with Gasteiger partial charge < -0.3 is 11.1 Å². The van der Waals surface area contributed by atoms with Crippen LogP contribution in [-0.2, 0) is 4.79 Å². The highest BCUT2D eigenvalue weighted by Gasteiger charge is 2.51. The minimum absolute atomic E-state index is 0.0434. The first-order valence-electron chi connectivity index (χ1n) is 6.60. The van der Waals surface area contributed by atoms with Gasteiger partial charge in [-0.3, -0.25) is 4.79 Å². The summed E-state index contributed by atoms with van der Waals surface area (Å²) in [5.41, 5.74) is 5.22. The van der Waals surface area contributed by atoms with Crippen LogP contribution < -0.4 is 11.1 Å². The smallest absolute Gasteiger partial charge is 0.233 e. The summed E-state index contributed by atoms with van der Waals surface area (Å²) in [5, 5.41) is 3.08. The Labute approximate surface area is 119 Å². The molecule has 1 saturated carbocycles. The number of amides is 1. The van der Waals surface area contributed by atoms with Crippen LogP contribution in [0.25, 0.3) is 0 Å². The number of hydrogen-bond acceptors (Lipinski definition) is 3. The molecule has 2 aliphatic rings. The van der Waals surface area contributed by atoms with E-state index in [1.54, 1.807) is 0 Å². The molecule has 0 aromatic rings. The van der Waals surface area contributed by atoms with Gasteiger partial charge in [0.1, 0.15) is 0 Å². The van der Waals surface area contributed by atoms with Crippen LogP contribution in [0.2, 0.25) is 0 Å². The zero-order valence-corrected chi connectivity index (χ0v) is 12.8. The number of rotatable bonds is 4. The van der Waals surface area contributed by atoms with E-state index in [2.05, 4.69) is 19.2 Å². The fourth-order valence-corrected chi connectivity index (χ4v) is 4.54. The molecule has 0 aromatic heterocycles. The summed E-state index contributed by atoms with van der Waals surface area (Å²) in [5.74, 6) is 1.79. The predicted octanol–water partition coefficient (Wildman–Crippen LogP) is 2.09. The van der Waals surface area contributed by atoms with Gasteiger partial charge in [0.15, 0.2) is 0 Å². The van der Waals surface area contributed by atoms with Crippen molar-refractivity contribution in [1.82, 2.24) is 5.32 Å². The molecule has 1 aliphatic carbocycles. The lowest BCUT2D eigenvalue weighted by atomic mass is 9.62. The molecule has 1 atom stereocenters. The third kappa shape index (κ3) is 2.52. The monoisotopic (exact) mass is 286 g/mol. The summed E-state index contributed by atoms with van der Waals surface area (Å²) in [6.45, 7) is 5.09. The van der Waals surface area contributed by atoms with Crippen LogP contribution >= 0.6 is 24.0 Å². The maximum atomic E-state index is 12.3. The number of thiocarbonyl (C=S) groups is 1.